The number of nitrogens with one attached hydrogen (secondary N) is 2. The molecule has 0 amide bonds. The Morgan fingerprint density at radius 3 is 2.80 bits per heavy atom. The van der Waals surface area contributed by atoms with Crippen LogP contribution in [0, 0.1) is 5.82 Å². The summed E-state index contributed by atoms with van der Waals surface area (Å²) in [6, 6.07) is 10.5. The maximum Gasteiger partial charge on any atom is 0.138 e. The van der Waals surface area contributed by atoms with Gasteiger partial charge in [-0.3, -0.25) is 4.72 Å². The van der Waals surface area contributed by atoms with Crippen molar-refractivity contribution < 1.29 is 9.50 Å². The van der Waals surface area contributed by atoms with E-state index in [2.05, 4.69) is 30.6 Å². The Morgan fingerprint density at radius 2 is 2.04 bits per heavy atom. The maximum atomic E-state index is 13.7. The third-order valence-electron chi connectivity index (χ3n) is 3.41. The second-order valence-corrected chi connectivity index (χ2v) is 7.33. The molecule has 3 N–H and O–H groups in total. The van der Waals surface area contributed by atoms with E-state index in [0.717, 1.165) is 16.2 Å². The lowest BCUT2D eigenvalue weighted by atomic mass is 10.2. The molecule has 4 nitrogen and oxygen atoms in total. The fourth-order valence-electron chi connectivity index (χ4n) is 2.18. The maximum absolute atomic E-state index is 13.7. The van der Waals surface area contributed by atoms with Gasteiger partial charge >= 0.3 is 0 Å². The highest BCUT2D eigenvalue weighted by Crippen LogP contribution is 2.31. The van der Waals surface area contributed by atoms with E-state index in [4.69, 9.17) is 16.7 Å². The average Bonchev–Trinajstić information content (AvgIpc) is 3.09. The molecule has 0 aliphatic rings. The summed E-state index contributed by atoms with van der Waals surface area (Å²) < 4.78 is 17.2. The van der Waals surface area contributed by atoms with Crippen molar-refractivity contribution in [3.8, 4) is 22.6 Å². The van der Waals surface area contributed by atoms with Gasteiger partial charge in [-0.1, -0.05) is 17.7 Å². The zero-order valence-electron chi connectivity index (χ0n) is 12.9. The number of aromatic nitrogens is 2. The van der Waals surface area contributed by atoms with Crippen LogP contribution in [0.1, 0.15) is 0 Å². The van der Waals surface area contributed by atoms with Crippen LogP contribution in [-0.2, 0) is 0 Å². The summed E-state index contributed by atoms with van der Waals surface area (Å²) in [6.07, 6.45) is 1.67. The summed E-state index contributed by atoms with van der Waals surface area (Å²) in [6.45, 7) is 0.515. The lowest BCUT2D eigenvalue weighted by Gasteiger charge is -2.06. The minimum absolute atomic E-state index is 0.0512. The molecule has 25 heavy (non-hydrogen) atoms. The first-order chi connectivity index (χ1) is 12.1. The standard InChI is InChI=1S/C17H14BrClFN3OS/c18-12-3-1-10(7-14(12)20)15-9-21-17(23-15)11-2-4-13(19)16(8-11)25-22-5-6-24/h1-4,7-9,22,24H,5-6H2,(H,21,23). The van der Waals surface area contributed by atoms with Gasteiger partial charge < -0.3 is 10.1 Å². The number of nitrogens with zero attached hydrogens (tertiary/aromatic N) is 1. The number of aliphatic hydroxyl groups excluding tert-OH is 1. The second-order valence-electron chi connectivity index (χ2n) is 5.14. The molecule has 0 bridgehead atoms. The highest BCUT2D eigenvalue weighted by atomic mass is 79.9. The van der Waals surface area contributed by atoms with Crippen molar-refractivity contribution in [1.82, 2.24) is 14.7 Å². The Morgan fingerprint density at radius 1 is 1.24 bits per heavy atom. The number of hydrogen-bond acceptors (Lipinski definition) is 4. The van der Waals surface area contributed by atoms with Crippen molar-refractivity contribution in [2.24, 2.45) is 0 Å². The SMILES string of the molecule is OCCNSc1cc(-c2ncc(-c3ccc(Br)c(F)c3)[nH]2)ccc1Cl. The molecule has 0 aliphatic carbocycles. The van der Waals surface area contributed by atoms with Crippen LogP contribution in [0.15, 0.2) is 52.0 Å². The molecule has 0 unspecified atom stereocenters. The molecular weight excluding hydrogens is 429 g/mol. The first-order valence-corrected chi connectivity index (χ1v) is 9.38. The van der Waals surface area contributed by atoms with Crippen LogP contribution in [-0.4, -0.2) is 28.2 Å². The molecule has 0 spiro atoms. The smallest absolute Gasteiger partial charge is 0.138 e. The van der Waals surface area contributed by atoms with Crippen molar-refractivity contribution in [3.05, 3.63) is 57.9 Å². The number of aromatic amines is 1. The quantitative estimate of drug-likeness (QED) is 0.376. The fraction of sp³-hybridized carbons (Fsp3) is 0.118. The van der Waals surface area contributed by atoms with E-state index in [1.165, 1.54) is 18.0 Å². The van der Waals surface area contributed by atoms with Gasteiger partial charge in [-0.05, 0) is 58.2 Å². The molecule has 8 heteroatoms. The Kier molecular flexibility index (Phi) is 6.14. The van der Waals surface area contributed by atoms with Crippen molar-refractivity contribution in [1.29, 1.82) is 0 Å². The number of halogens is 3. The normalized spacial score (nSPS) is 11.0. The van der Waals surface area contributed by atoms with Gasteiger partial charge in [-0.25, -0.2) is 9.37 Å². The number of aliphatic hydroxyl groups is 1. The summed E-state index contributed by atoms with van der Waals surface area (Å²) in [5.41, 5.74) is 2.30. The second kappa shape index (κ2) is 8.33. The summed E-state index contributed by atoms with van der Waals surface area (Å²) in [5.74, 6) is 0.341. The van der Waals surface area contributed by atoms with Crippen LogP contribution in [0.4, 0.5) is 4.39 Å². The highest BCUT2D eigenvalue weighted by Gasteiger charge is 2.10. The van der Waals surface area contributed by atoms with Crippen LogP contribution in [0.2, 0.25) is 5.02 Å². The van der Waals surface area contributed by atoms with E-state index in [1.54, 1.807) is 18.3 Å². The summed E-state index contributed by atoms with van der Waals surface area (Å²) in [4.78, 5) is 8.41. The summed E-state index contributed by atoms with van der Waals surface area (Å²) in [7, 11) is 0. The van der Waals surface area contributed by atoms with Gasteiger partial charge in [0.1, 0.15) is 11.6 Å². The van der Waals surface area contributed by atoms with Gasteiger partial charge in [0.25, 0.3) is 0 Å². The molecular formula is C17H14BrClFN3OS. The largest absolute Gasteiger partial charge is 0.395 e. The van der Waals surface area contributed by atoms with Crippen molar-refractivity contribution >= 4 is 39.5 Å². The van der Waals surface area contributed by atoms with Crippen LogP contribution in [0.5, 0.6) is 0 Å². The summed E-state index contributed by atoms with van der Waals surface area (Å²) in [5, 5.41) is 9.45. The number of hydrogen-bond donors (Lipinski definition) is 3. The molecule has 0 saturated heterocycles. The van der Waals surface area contributed by atoms with Gasteiger partial charge in [0.2, 0.25) is 0 Å². The topological polar surface area (TPSA) is 60.9 Å². The van der Waals surface area contributed by atoms with Gasteiger partial charge in [0.15, 0.2) is 0 Å². The third-order valence-corrected chi connectivity index (χ3v) is 5.40. The molecule has 0 atom stereocenters. The predicted octanol–water partition coefficient (Wildman–Crippen LogP) is 4.89. The highest BCUT2D eigenvalue weighted by molar-refractivity contribution is 9.10. The average molecular weight is 443 g/mol. The van der Waals surface area contributed by atoms with E-state index in [1.807, 2.05) is 18.2 Å². The van der Waals surface area contributed by atoms with E-state index in [-0.39, 0.29) is 12.4 Å². The molecule has 3 rings (SSSR count). The van der Waals surface area contributed by atoms with Crippen molar-refractivity contribution in [2.45, 2.75) is 4.90 Å². The minimum Gasteiger partial charge on any atom is -0.395 e. The van der Waals surface area contributed by atoms with Crippen molar-refractivity contribution in [3.63, 3.8) is 0 Å². The predicted molar refractivity (Wildman–Crippen MR) is 103 cm³/mol. The van der Waals surface area contributed by atoms with Crippen LogP contribution < -0.4 is 4.72 Å². The molecule has 130 valence electrons. The Bertz CT molecular complexity index is 890. The van der Waals surface area contributed by atoms with Gasteiger partial charge in [-0.15, -0.1) is 0 Å². The van der Waals surface area contributed by atoms with E-state index in [9.17, 15) is 4.39 Å². The monoisotopic (exact) mass is 441 g/mol. The van der Waals surface area contributed by atoms with E-state index < -0.39 is 0 Å². The number of H-pyrrole nitrogens is 1. The lowest BCUT2D eigenvalue weighted by molar-refractivity contribution is 0.302. The minimum atomic E-state index is -0.325. The number of rotatable bonds is 6. The van der Waals surface area contributed by atoms with Crippen molar-refractivity contribution in [2.75, 3.05) is 13.2 Å². The van der Waals surface area contributed by atoms with E-state index >= 15 is 0 Å². The van der Waals surface area contributed by atoms with Gasteiger partial charge in [0.05, 0.1) is 28.0 Å². The van der Waals surface area contributed by atoms with Crippen LogP contribution >= 0.6 is 39.5 Å². The third kappa shape index (κ3) is 4.43. The van der Waals surface area contributed by atoms with Gasteiger partial charge in [0, 0.05) is 22.6 Å². The molecule has 2 aromatic carbocycles. The molecule has 3 aromatic rings. The molecule has 1 heterocycles. The van der Waals surface area contributed by atoms with E-state index in [0.29, 0.717) is 27.4 Å². The van der Waals surface area contributed by atoms with Crippen LogP contribution in [0.3, 0.4) is 0 Å². The Hall–Kier alpha value is -1.38. The molecule has 1 aromatic heterocycles. The molecule has 0 aliphatic heterocycles. The van der Waals surface area contributed by atoms with Crippen LogP contribution in [0.25, 0.3) is 22.6 Å². The Labute approximate surface area is 162 Å². The molecule has 0 saturated carbocycles. The Balaban J connectivity index is 1.86. The molecule has 0 fully saturated rings. The number of imidazole rings is 1. The van der Waals surface area contributed by atoms with Gasteiger partial charge in [-0.2, -0.15) is 0 Å². The lowest BCUT2D eigenvalue weighted by Crippen LogP contribution is -2.09. The zero-order chi connectivity index (χ0) is 17.8. The summed E-state index contributed by atoms with van der Waals surface area (Å²) >= 11 is 10.7. The first-order valence-electron chi connectivity index (χ1n) is 7.39. The number of benzene rings is 2. The first kappa shape index (κ1) is 18.4. The zero-order valence-corrected chi connectivity index (χ0v) is 16.1. The fourth-order valence-corrected chi connectivity index (χ4v) is 3.36. The molecule has 0 radical (unpaired) electrons.